The zero-order valence-electron chi connectivity index (χ0n) is 12.9. The van der Waals surface area contributed by atoms with E-state index in [9.17, 15) is 23.6 Å². The van der Waals surface area contributed by atoms with Crippen molar-refractivity contribution in [3.8, 4) is 5.69 Å². The normalized spacial score (nSPS) is 17.1. The van der Waals surface area contributed by atoms with Gasteiger partial charge in [-0.15, -0.1) is 0 Å². The maximum absolute atomic E-state index is 13.9. The topological polar surface area (TPSA) is 110 Å². The molecule has 128 valence electrons. The first-order valence-corrected chi connectivity index (χ1v) is 7.45. The van der Waals surface area contributed by atoms with E-state index in [0.29, 0.717) is 0 Å². The zero-order chi connectivity index (χ0) is 18.0. The largest absolute Gasteiger partial charge is 0.339 e. The van der Waals surface area contributed by atoms with Gasteiger partial charge < -0.3 is 5.32 Å². The van der Waals surface area contributed by atoms with Gasteiger partial charge in [-0.3, -0.25) is 24.5 Å². The summed E-state index contributed by atoms with van der Waals surface area (Å²) >= 11 is 0. The molecule has 1 aliphatic heterocycles. The predicted octanol–water partition coefficient (Wildman–Crippen LogP) is -0.0934. The number of imide groups is 1. The Labute approximate surface area is 140 Å². The Morgan fingerprint density at radius 2 is 1.96 bits per heavy atom. The van der Waals surface area contributed by atoms with Crippen LogP contribution in [0.25, 0.3) is 5.69 Å². The molecule has 3 amide bonds. The first-order chi connectivity index (χ1) is 12.0. The monoisotopic (exact) mass is 344 g/mol. The van der Waals surface area contributed by atoms with Gasteiger partial charge in [0.05, 0.1) is 0 Å². The van der Waals surface area contributed by atoms with E-state index in [0.717, 1.165) is 10.7 Å². The van der Waals surface area contributed by atoms with Gasteiger partial charge in [0.25, 0.3) is 11.5 Å². The highest BCUT2D eigenvalue weighted by atomic mass is 19.1. The van der Waals surface area contributed by atoms with Gasteiger partial charge in [-0.1, -0.05) is 12.1 Å². The standard InChI is InChI=1S/C16H13FN4O4/c17-9-3-1-2-4-12(9)21-14(23)8-6-11(20-21)16(25)18-10-5-7-13(22)19-15(10)24/h1-4,6,8,10H,5,7H2,(H,18,25)(H,19,22,24). The SMILES string of the molecule is O=C1CCC(NC(=O)c2ccc(=O)n(-c3ccccc3F)n2)C(=O)N1. The zero-order valence-corrected chi connectivity index (χ0v) is 12.9. The number of hydrogen-bond acceptors (Lipinski definition) is 5. The summed E-state index contributed by atoms with van der Waals surface area (Å²) in [4.78, 5) is 47.0. The number of piperidine rings is 1. The third-order valence-corrected chi connectivity index (χ3v) is 3.66. The van der Waals surface area contributed by atoms with Crippen molar-refractivity contribution in [2.75, 3.05) is 0 Å². The van der Waals surface area contributed by atoms with Gasteiger partial charge in [0.2, 0.25) is 11.8 Å². The van der Waals surface area contributed by atoms with Gasteiger partial charge >= 0.3 is 0 Å². The van der Waals surface area contributed by atoms with E-state index in [1.165, 1.54) is 30.3 Å². The molecule has 1 aromatic carbocycles. The summed E-state index contributed by atoms with van der Waals surface area (Å²) < 4.78 is 14.6. The van der Waals surface area contributed by atoms with Crippen molar-refractivity contribution in [1.29, 1.82) is 0 Å². The lowest BCUT2D eigenvalue weighted by atomic mass is 10.1. The van der Waals surface area contributed by atoms with Crippen LogP contribution in [0.1, 0.15) is 23.3 Å². The van der Waals surface area contributed by atoms with Gasteiger partial charge in [-0.2, -0.15) is 9.78 Å². The fraction of sp³-hybridized carbons (Fsp3) is 0.188. The number of para-hydroxylation sites is 1. The van der Waals surface area contributed by atoms with Gasteiger partial charge in [-0.25, -0.2) is 4.39 Å². The van der Waals surface area contributed by atoms with Gasteiger partial charge in [-0.05, 0) is 24.6 Å². The van der Waals surface area contributed by atoms with Crippen LogP contribution in [0.4, 0.5) is 4.39 Å². The van der Waals surface area contributed by atoms with Crippen LogP contribution in [-0.2, 0) is 9.59 Å². The Morgan fingerprint density at radius 3 is 2.68 bits per heavy atom. The number of benzene rings is 1. The number of amides is 3. The Balaban J connectivity index is 1.86. The number of rotatable bonds is 3. The summed E-state index contributed by atoms with van der Waals surface area (Å²) in [6, 6.07) is 6.90. The summed E-state index contributed by atoms with van der Waals surface area (Å²) in [6.07, 6.45) is 0.280. The number of nitrogens with zero attached hydrogens (tertiary/aromatic N) is 2. The van der Waals surface area contributed by atoms with E-state index in [1.54, 1.807) is 0 Å². The van der Waals surface area contributed by atoms with Crippen LogP contribution < -0.4 is 16.2 Å². The van der Waals surface area contributed by atoms with Gasteiger partial charge in [0.15, 0.2) is 0 Å². The van der Waals surface area contributed by atoms with Crippen molar-refractivity contribution in [3.05, 3.63) is 58.3 Å². The van der Waals surface area contributed by atoms with Crippen LogP contribution in [0.5, 0.6) is 0 Å². The lowest BCUT2D eigenvalue weighted by Gasteiger charge is -2.21. The Kier molecular flexibility index (Phi) is 4.38. The molecule has 2 heterocycles. The fourth-order valence-electron chi connectivity index (χ4n) is 2.39. The van der Waals surface area contributed by atoms with Crippen LogP contribution in [0.15, 0.2) is 41.2 Å². The minimum absolute atomic E-state index is 0.0943. The average Bonchev–Trinajstić information content (AvgIpc) is 2.58. The molecule has 2 aromatic rings. The lowest BCUT2D eigenvalue weighted by Crippen LogP contribution is -2.52. The molecule has 1 unspecified atom stereocenters. The molecule has 1 atom stereocenters. The first-order valence-electron chi connectivity index (χ1n) is 7.45. The second kappa shape index (κ2) is 6.63. The van der Waals surface area contributed by atoms with E-state index in [1.807, 2.05) is 0 Å². The average molecular weight is 344 g/mol. The van der Waals surface area contributed by atoms with E-state index in [-0.39, 0.29) is 24.2 Å². The molecule has 0 bridgehead atoms. The smallest absolute Gasteiger partial charge is 0.272 e. The Hall–Kier alpha value is -3.36. The second-order valence-electron chi connectivity index (χ2n) is 5.40. The van der Waals surface area contributed by atoms with Crippen molar-refractivity contribution in [3.63, 3.8) is 0 Å². The van der Waals surface area contributed by atoms with Crippen molar-refractivity contribution in [2.24, 2.45) is 0 Å². The molecule has 0 aliphatic carbocycles. The molecule has 9 heteroatoms. The van der Waals surface area contributed by atoms with E-state index >= 15 is 0 Å². The highest BCUT2D eigenvalue weighted by Gasteiger charge is 2.28. The molecule has 1 fully saturated rings. The van der Waals surface area contributed by atoms with Crippen molar-refractivity contribution >= 4 is 17.7 Å². The molecule has 0 spiro atoms. The van der Waals surface area contributed by atoms with E-state index in [4.69, 9.17) is 0 Å². The predicted molar refractivity (Wildman–Crippen MR) is 83.4 cm³/mol. The molecule has 1 aliphatic rings. The van der Waals surface area contributed by atoms with Crippen LogP contribution in [0.2, 0.25) is 0 Å². The van der Waals surface area contributed by atoms with Crippen LogP contribution >= 0.6 is 0 Å². The van der Waals surface area contributed by atoms with Crippen molar-refractivity contribution in [2.45, 2.75) is 18.9 Å². The first kappa shape index (κ1) is 16.5. The summed E-state index contributed by atoms with van der Waals surface area (Å²) in [5.41, 5.74) is -0.863. The number of carbonyl (C=O) groups is 3. The third-order valence-electron chi connectivity index (χ3n) is 3.66. The molecule has 8 nitrogen and oxygen atoms in total. The number of hydrogen-bond donors (Lipinski definition) is 2. The third kappa shape index (κ3) is 3.44. The second-order valence-corrected chi connectivity index (χ2v) is 5.40. The molecular formula is C16H13FN4O4. The minimum Gasteiger partial charge on any atom is -0.339 e. The van der Waals surface area contributed by atoms with Crippen LogP contribution in [-0.4, -0.2) is 33.5 Å². The summed E-state index contributed by atoms with van der Waals surface area (Å²) in [5.74, 6) is -2.38. The maximum atomic E-state index is 13.9. The maximum Gasteiger partial charge on any atom is 0.272 e. The van der Waals surface area contributed by atoms with Crippen molar-refractivity contribution in [1.82, 2.24) is 20.4 Å². The molecule has 2 N–H and O–H groups in total. The summed E-state index contributed by atoms with van der Waals surface area (Å²) in [6.45, 7) is 0. The summed E-state index contributed by atoms with van der Waals surface area (Å²) in [7, 11) is 0. The Bertz CT molecular complexity index is 924. The highest BCUT2D eigenvalue weighted by Crippen LogP contribution is 2.10. The molecule has 1 aromatic heterocycles. The number of aromatic nitrogens is 2. The number of carbonyl (C=O) groups excluding carboxylic acids is 3. The van der Waals surface area contributed by atoms with Crippen LogP contribution in [0.3, 0.4) is 0 Å². The quantitative estimate of drug-likeness (QED) is 0.756. The number of halogens is 1. The van der Waals surface area contributed by atoms with E-state index in [2.05, 4.69) is 15.7 Å². The molecule has 0 radical (unpaired) electrons. The fourth-order valence-corrected chi connectivity index (χ4v) is 2.39. The van der Waals surface area contributed by atoms with Gasteiger partial charge in [0.1, 0.15) is 23.2 Å². The van der Waals surface area contributed by atoms with Crippen LogP contribution in [0, 0.1) is 5.82 Å². The molecule has 25 heavy (non-hydrogen) atoms. The number of nitrogens with one attached hydrogen (secondary N) is 2. The minimum atomic E-state index is -0.874. The van der Waals surface area contributed by atoms with Crippen molar-refractivity contribution < 1.29 is 18.8 Å². The lowest BCUT2D eigenvalue weighted by molar-refractivity contribution is -0.134. The molecular weight excluding hydrogens is 331 g/mol. The Morgan fingerprint density at radius 1 is 1.20 bits per heavy atom. The molecule has 1 saturated heterocycles. The summed E-state index contributed by atoms with van der Waals surface area (Å²) in [5, 5.41) is 8.43. The van der Waals surface area contributed by atoms with Gasteiger partial charge in [0, 0.05) is 12.5 Å². The molecule has 3 rings (SSSR count). The highest BCUT2D eigenvalue weighted by molar-refractivity contribution is 6.03. The van der Waals surface area contributed by atoms with E-state index < -0.39 is 35.1 Å². The molecule has 0 saturated carbocycles.